The van der Waals surface area contributed by atoms with Gasteiger partial charge in [0.1, 0.15) is 6.04 Å². The average molecular weight is 261 g/mol. The molecule has 0 spiro atoms. The lowest BCUT2D eigenvalue weighted by Gasteiger charge is -2.14. The van der Waals surface area contributed by atoms with E-state index in [-0.39, 0.29) is 17.9 Å². The Bertz CT molecular complexity index is 426. The molecular formula is C11H13F2NO4. The Morgan fingerprint density at radius 3 is 2.61 bits per heavy atom. The van der Waals surface area contributed by atoms with Gasteiger partial charge < -0.3 is 25.1 Å². The fourth-order valence-corrected chi connectivity index (χ4v) is 1.45. The van der Waals surface area contributed by atoms with Gasteiger partial charge in [0.15, 0.2) is 11.5 Å². The van der Waals surface area contributed by atoms with Gasteiger partial charge in [0, 0.05) is 18.0 Å². The van der Waals surface area contributed by atoms with Crippen LogP contribution in [0.5, 0.6) is 11.5 Å². The molecule has 0 amide bonds. The summed E-state index contributed by atoms with van der Waals surface area (Å²) in [6.07, 6.45) is -0.305. The number of carbonyl (C=O) groups is 1. The number of alkyl halides is 2. The minimum absolute atomic E-state index is 0.139. The lowest BCUT2D eigenvalue weighted by molar-refractivity contribution is -0.430. The van der Waals surface area contributed by atoms with Gasteiger partial charge in [-0.2, -0.15) is 8.78 Å². The molecule has 0 radical (unpaired) electrons. The molecule has 100 valence electrons. The van der Waals surface area contributed by atoms with Crippen molar-refractivity contribution >= 4 is 5.97 Å². The SMILES string of the molecule is COc1ccc([C@@H]([NH3+])CC(=O)[O-])cc1OC(F)F. The molecule has 1 rings (SSSR count). The van der Waals surface area contributed by atoms with Crippen molar-refractivity contribution in [1.29, 1.82) is 0 Å². The highest BCUT2D eigenvalue weighted by atomic mass is 19.3. The van der Waals surface area contributed by atoms with E-state index in [1.165, 1.54) is 25.3 Å². The fourth-order valence-electron chi connectivity index (χ4n) is 1.45. The summed E-state index contributed by atoms with van der Waals surface area (Å²) in [6.45, 7) is -2.99. The fraction of sp³-hybridized carbons (Fsp3) is 0.364. The van der Waals surface area contributed by atoms with Crippen LogP contribution in [0.15, 0.2) is 18.2 Å². The number of carboxylic acids is 1. The van der Waals surface area contributed by atoms with Gasteiger partial charge in [-0.05, 0) is 18.2 Å². The van der Waals surface area contributed by atoms with Gasteiger partial charge in [0.25, 0.3) is 0 Å². The van der Waals surface area contributed by atoms with Gasteiger partial charge >= 0.3 is 6.61 Å². The van der Waals surface area contributed by atoms with Gasteiger partial charge in [0.2, 0.25) is 0 Å². The first-order valence-corrected chi connectivity index (χ1v) is 5.09. The zero-order valence-corrected chi connectivity index (χ0v) is 9.69. The molecule has 0 saturated carbocycles. The van der Waals surface area contributed by atoms with Crippen LogP contribution in [-0.4, -0.2) is 19.7 Å². The van der Waals surface area contributed by atoms with Crippen LogP contribution in [0, 0.1) is 0 Å². The predicted molar refractivity (Wildman–Crippen MR) is 54.9 cm³/mol. The van der Waals surface area contributed by atoms with Gasteiger partial charge in [-0.25, -0.2) is 0 Å². The molecule has 0 fully saturated rings. The molecule has 0 aliphatic heterocycles. The molecule has 0 bridgehead atoms. The summed E-state index contributed by atoms with van der Waals surface area (Å²) in [5.41, 5.74) is 4.07. The van der Waals surface area contributed by atoms with E-state index >= 15 is 0 Å². The predicted octanol–water partition coefficient (Wildman–Crippen LogP) is -0.280. The monoisotopic (exact) mass is 261 g/mol. The Kier molecular flexibility index (Phi) is 4.85. The Morgan fingerprint density at radius 2 is 2.11 bits per heavy atom. The smallest absolute Gasteiger partial charge is 0.387 e. The van der Waals surface area contributed by atoms with Crippen molar-refractivity contribution in [2.45, 2.75) is 19.1 Å². The zero-order valence-electron chi connectivity index (χ0n) is 9.69. The number of halogens is 2. The van der Waals surface area contributed by atoms with Crippen LogP contribution in [0.1, 0.15) is 18.0 Å². The van der Waals surface area contributed by atoms with Crippen LogP contribution < -0.4 is 20.3 Å². The molecule has 0 aliphatic carbocycles. The number of hydrogen-bond donors (Lipinski definition) is 1. The summed E-state index contributed by atoms with van der Waals surface area (Å²) in [6, 6.07) is 3.63. The Labute approximate surface area is 102 Å². The summed E-state index contributed by atoms with van der Waals surface area (Å²) >= 11 is 0. The van der Waals surface area contributed by atoms with Crippen LogP contribution in [0.25, 0.3) is 0 Å². The van der Waals surface area contributed by atoms with E-state index in [9.17, 15) is 18.7 Å². The molecule has 0 aromatic heterocycles. The van der Waals surface area contributed by atoms with Gasteiger partial charge in [0.05, 0.1) is 7.11 Å². The number of benzene rings is 1. The van der Waals surface area contributed by atoms with Crippen LogP contribution in [-0.2, 0) is 4.79 Å². The topological polar surface area (TPSA) is 86.2 Å². The second-order valence-electron chi connectivity index (χ2n) is 3.56. The summed E-state index contributed by atoms with van der Waals surface area (Å²) in [5, 5.41) is 10.4. The zero-order chi connectivity index (χ0) is 13.7. The molecule has 0 unspecified atom stereocenters. The van der Waals surface area contributed by atoms with Crippen molar-refractivity contribution in [3.63, 3.8) is 0 Å². The third-order valence-corrected chi connectivity index (χ3v) is 2.29. The van der Waals surface area contributed by atoms with Crippen LogP contribution >= 0.6 is 0 Å². The molecule has 0 heterocycles. The molecule has 7 heteroatoms. The lowest BCUT2D eigenvalue weighted by Crippen LogP contribution is -2.55. The molecule has 1 atom stereocenters. The minimum Gasteiger partial charge on any atom is -0.550 e. The largest absolute Gasteiger partial charge is 0.550 e. The van der Waals surface area contributed by atoms with Crippen molar-refractivity contribution in [3.05, 3.63) is 23.8 Å². The van der Waals surface area contributed by atoms with Gasteiger partial charge in [-0.3, -0.25) is 0 Å². The second kappa shape index (κ2) is 6.15. The lowest BCUT2D eigenvalue weighted by atomic mass is 10.0. The molecule has 0 saturated heterocycles. The summed E-state index contributed by atoms with van der Waals surface area (Å²) in [5.74, 6) is -1.28. The van der Waals surface area contributed by atoms with Crippen LogP contribution in [0.4, 0.5) is 8.78 Å². The standard InChI is InChI=1S/C11H13F2NO4/c1-17-8-3-2-6(7(14)5-10(15)16)4-9(8)18-11(12)13/h2-4,7,11H,5,14H2,1H3,(H,15,16)/t7-/m0/s1. The number of carboxylic acid groups (broad SMARTS) is 1. The van der Waals surface area contributed by atoms with Gasteiger partial charge in [-0.1, -0.05) is 0 Å². The number of aliphatic carboxylic acids is 1. The van der Waals surface area contributed by atoms with Gasteiger partial charge in [-0.15, -0.1) is 0 Å². The van der Waals surface area contributed by atoms with E-state index in [0.717, 1.165) is 0 Å². The van der Waals surface area contributed by atoms with Crippen LogP contribution in [0.2, 0.25) is 0 Å². The van der Waals surface area contributed by atoms with E-state index in [2.05, 4.69) is 10.5 Å². The van der Waals surface area contributed by atoms with Crippen molar-refractivity contribution in [1.82, 2.24) is 0 Å². The van der Waals surface area contributed by atoms with Crippen molar-refractivity contribution in [3.8, 4) is 11.5 Å². The number of carbonyl (C=O) groups excluding carboxylic acids is 1. The number of methoxy groups -OCH3 is 1. The Hall–Kier alpha value is -1.89. The molecule has 5 nitrogen and oxygen atoms in total. The highest BCUT2D eigenvalue weighted by molar-refractivity contribution is 5.65. The van der Waals surface area contributed by atoms with E-state index in [4.69, 9.17) is 4.74 Å². The Balaban J connectivity index is 2.97. The normalized spacial score (nSPS) is 12.3. The van der Waals surface area contributed by atoms with E-state index in [0.29, 0.717) is 5.56 Å². The maximum atomic E-state index is 12.2. The highest BCUT2D eigenvalue weighted by Gasteiger charge is 2.16. The first-order chi connectivity index (χ1) is 8.43. The maximum absolute atomic E-state index is 12.2. The maximum Gasteiger partial charge on any atom is 0.387 e. The first-order valence-electron chi connectivity index (χ1n) is 5.09. The average Bonchev–Trinajstić information content (AvgIpc) is 2.27. The molecule has 3 N–H and O–H groups in total. The molecule has 0 aliphatic rings. The number of quaternary nitrogens is 1. The van der Waals surface area contributed by atoms with E-state index < -0.39 is 18.6 Å². The van der Waals surface area contributed by atoms with Crippen molar-refractivity contribution in [2.24, 2.45) is 0 Å². The molecule has 18 heavy (non-hydrogen) atoms. The number of hydrogen-bond acceptors (Lipinski definition) is 4. The van der Waals surface area contributed by atoms with E-state index in [1.807, 2.05) is 0 Å². The number of ether oxygens (including phenoxy) is 2. The highest BCUT2D eigenvalue weighted by Crippen LogP contribution is 2.31. The minimum atomic E-state index is -2.99. The van der Waals surface area contributed by atoms with E-state index in [1.54, 1.807) is 0 Å². The summed E-state index contributed by atoms with van der Waals surface area (Å²) in [7, 11) is 1.32. The van der Waals surface area contributed by atoms with Crippen molar-refractivity contribution < 1.29 is 33.9 Å². The second-order valence-corrected chi connectivity index (χ2v) is 3.56. The molecular weight excluding hydrogens is 248 g/mol. The molecule has 1 aromatic carbocycles. The third-order valence-electron chi connectivity index (χ3n) is 2.29. The number of rotatable bonds is 6. The summed E-state index contributed by atoms with van der Waals surface area (Å²) in [4.78, 5) is 10.4. The third kappa shape index (κ3) is 3.85. The molecule has 1 aromatic rings. The Morgan fingerprint density at radius 1 is 1.44 bits per heavy atom. The van der Waals surface area contributed by atoms with Crippen LogP contribution in [0.3, 0.4) is 0 Å². The van der Waals surface area contributed by atoms with Crippen molar-refractivity contribution in [2.75, 3.05) is 7.11 Å². The first kappa shape index (κ1) is 14.2. The quantitative estimate of drug-likeness (QED) is 0.763. The summed E-state index contributed by atoms with van der Waals surface area (Å²) < 4.78 is 33.5.